The summed E-state index contributed by atoms with van der Waals surface area (Å²) in [5, 5.41) is -0.552. The van der Waals surface area contributed by atoms with Gasteiger partial charge in [-0.2, -0.15) is 0 Å². The summed E-state index contributed by atoms with van der Waals surface area (Å²) in [4.78, 5) is 14.2. The van der Waals surface area contributed by atoms with Crippen molar-refractivity contribution in [2.24, 2.45) is 0 Å². The molecule has 0 N–H and O–H groups in total. The van der Waals surface area contributed by atoms with Crippen LogP contribution in [0.1, 0.15) is 17.6 Å². The number of esters is 1. The van der Waals surface area contributed by atoms with Crippen LogP contribution >= 0.6 is 11.6 Å². The molecule has 0 fully saturated rings. The molecule has 0 aliphatic rings. The average Bonchev–Trinajstić information content (AvgIpc) is 2.24. The molecule has 1 rings (SSSR count). The minimum absolute atomic E-state index is 0.484. The molecule has 0 aromatic carbocycles. The van der Waals surface area contributed by atoms with Crippen LogP contribution in [-0.4, -0.2) is 18.1 Å². The largest absolute Gasteiger partial charge is 0.469 e. The standard InChI is InChI=1S/C9H7ClF3NO2/c1-16-6(15)2-4-5(9(12)13)3-14-8(10)7(4)11/h3,9H,2H2,1H3. The molecule has 0 bridgehead atoms. The van der Waals surface area contributed by atoms with Crippen molar-refractivity contribution in [3.05, 3.63) is 28.3 Å². The highest BCUT2D eigenvalue weighted by atomic mass is 35.5. The number of halogens is 4. The highest BCUT2D eigenvalue weighted by Gasteiger charge is 2.22. The minimum atomic E-state index is -2.93. The van der Waals surface area contributed by atoms with Crippen LogP contribution in [0.2, 0.25) is 5.15 Å². The van der Waals surface area contributed by atoms with Crippen LogP contribution in [-0.2, 0) is 16.0 Å². The number of carbonyl (C=O) groups excluding carboxylic acids is 1. The molecule has 0 aliphatic heterocycles. The number of rotatable bonds is 3. The van der Waals surface area contributed by atoms with Crippen molar-refractivity contribution in [3.8, 4) is 0 Å². The number of nitrogens with zero attached hydrogens (tertiary/aromatic N) is 1. The summed E-state index contributed by atoms with van der Waals surface area (Å²) in [6.45, 7) is 0. The molecule has 16 heavy (non-hydrogen) atoms. The molecule has 0 unspecified atom stereocenters. The van der Waals surface area contributed by atoms with Crippen molar-refractivity contribution < 1.29 is 22.7 Å². The molecule has 0 aliphatic carbocycles. The molecule has 0 saturated heterocycles. The normalized spacial score (nSPS) is 10.6. The lowest BCUT2D eigenvalue weighted by atomic mass is 10.1. The van der Waals surface area contributed by atoms with Gasteiger partial charge in [0, 0.05) is 17.3 Å². The molecule has 88 valence electrons. The van der Waals surface area contributed by atoms with E-state index in [1.54, 1.807) is 0 Å². The van der Waals surface area contributed by atoms with E-state index >= 15 is 0 Å². The van der Waals surface area contributed by atoms with Gasteiger partial charge in [0.2, 0.25) is 0 Å². The topological polar surface area (TPSA) is 39.2 Å². The van der Waals surface area contributed by atoms with Crippen molar-refractivity contribution in [1.29, 1.82) is 0 Å². The predicted molar refractivity (Wildman–Crippen MR) is 49.9 cm³/mol. The minimum Gasteiger partial charge on any atom is -0.469 e. The maximum Gasteiger partial charge on any atom is 0.310 e. The third-order valence-corrected chi connectivity index (χ3v) is 2.16. The number of aromatic nitrogens is 1. The maximum atomic E-state index is 13.4. The van der Waals surface area contributed by atoms with Crippen molar-refractivity contribution in [2.45, 2.75) is 12.8 Å². The molecular formula is C9H7ClF3NO2. The summed E-state index contributed by atoms with van der Waals surface area (Å²) in [5.41, 5.74) is -1.14. The molecule has 0 radical (unpaired) electrons. The number of hydrogen-bond acceptors (Lipinski definition) is 3. The van der Waals surface area contributed by atoms with Gasteiger partial charge in [0.05, 0.1) is 13.5 Å². The Hall–Kier alpha value is -1.30. The van der Waals surface area contributed by atoms with Crippen LogP contribution in [0.4, 0.5) is 13.2 Å². The third kappa shape index (κ3) is 2.63. The number of pyridine rings is 1. The molecular weight excluding hydrogens is 247 g/mol. The maximum absolute atomic E-state index is 13.4. The van der Waals surface area contributed by atoms with Gasteiger partial charge in [0.15, 0.2) is 11.0 Å². The van der Waals surface area contributed by atoms with E-state index in [1.165, 1.54) is 0 Å². The van der Waals surface area contributed by atoms with Crippen molar-refractivity contribution in [2.75, 3.05) is 7.11 Å². The highest BCUT2D eigenvalue weighted by Crippen LogP contribution is 2.27. The number of methoxy groups -OCH3 is 1. The molecule has 0 saturated carbocycles. The van der Waals surface area contributed by atoms with E-state index in [9.17, 15) is 18.0 Å². The van der Waals surface area contributed by atoms with Crippen LogP contribution in [0.15, 0.2) is 6.20 Å². The lowest BCUT2D eigenvalue weighted by Crippen LogP contribution is -2.10. The zero-order chi connectivity index (χ0) is 12.3. The Morgan fingerprint density at radius 3 is 2.75 bits per heavy atom. The Morgan fingerprint density at radius 1 is 1.62 bits per heavy atom. The fraction of sp³-hybridized carbons (Fsp3) is 0.333. The molecule has 0 spiro atoms. The Morgan fingerprint density at radius 2 is 2.25 bits per heavy atom. The molecule has 0 amide bonds. The monoisotopic (exact) mass is 253 g/mol. The van der Waals surface area contributed by atoms with Crippen molar-refractivity contribution in [3.63, 3.8) is 0 Å². The zero-order valence-corrected chi connectivity index (χ0v) is 8.89. The first kappa shape index (κ1) is 12.8. The summed E-state index contributed by atoms with van der Waals surface area (Å²) in [6, 6.07) is 0. The number of alkyl halides is 2. The van der Waals surface area contributed by atoms with E-state index < -0.39 is 40.9 Å². The van der Waals surface area contributed by atoms with Gasteiger partial charge in [-0.3, -0.25) is 4.79 Å². The van der Waals surface area contributed by atoms with Gasteiger partial charge >= 0.3 is 5.97 Å². The second-order valence-corrected chi connectivity index (χ2v) is 3.21. The van der Waals surface area contributed by atoms with Crippen LogP contribution in [0.5, 0.6) is 0 Å². The summed E-state index contributed by atoms with van der Waals surface area (Å²) >= 11 is 5.33. The van der Waals surface area contributed by atoms with Gasteiger partial charge in [0.25, 0.3) is 6.43 Å². The first-order valence-corrected chi connectivity index (χ1v) is 4.53. The predicted octanol–water partition coefficient (Wildman–Crippen LogP) is 2.53. The molecule has 0 atom stereocenters. The zero-order valence-electron chi connectivity index (χ0n) is 8.14. The van der Waals surface area contributed by atoms with Gasteiger partial charge in [-0.1, -0.05) is 11.6 Å². The highest BCUT2D eigenvalue weighted by molar-refractivity contribution is 6.29. The summed E-state index contributed by atoms with van der Waals surface area (Å²) < 4.78 is 42.6. The van der Waals surface area contributed by atoms with Crippen LogP contribution in [0.25, 0.3) is 0 Å². The Bertz CT molecular complexity index is 412. The second-order valence-electron chi connectivity index (χ2n) is 2.85. The van der Waals surface area contributed by atoms with E-state index in [0.717, 1.165) is 13.3 Å². The van der Waals surface area contributed by atoms with E-state index in [-0.39, 0.29) is 0 Å². The number of hydrogen-bond donors (Lipinski definition) is 0. The summed E-state index contributed by atoms with van der Waals surface area (Å²) in [7, 11) is 1.07. The first-order chi connectivity index (χ1) is 7.47. The lowest BCUT2D eigenvalue weighted by molar-refractivity contribution is -0.139. The molecule has 1 heterocycles. The van der Waals surface area contributed by atoms with Crippen LogP contribution in [0, 0.1) is 5.82 Å². The molecule has 1 aromatic rings. The number of carbonyl (C=O) groups is 1. The first-order valence-electron chi connectivity index (χ1n) is 4.15. The smallest absolute Gasteiger partial charge is 0.310 e. The molecule has 3 nitrogen and oxygen atoms in total. The van der Waals surface area contributed by atoms with Gasteiger partial charge in [-0.05, 0) is 0 Å². The van der Waals surface area contributed by atoms with E-state index in [0.29, 0.717) is 0 Å². The summed E-state index contributed by atoms with van der Waals surface area (Å²) in [6.07, 6.45) is -2.79. The Kier molecular flexibility index (Phi) is 4.12. The van der Waals surface area contributed by atoms with Gasteiger partial charge < -0.3 is 4.74 Å². The summed E-state index contributed by atoms with van der Waals surface area (Å²) in [5.74, 6) is -1.95. The Labute approximate surface area is 94.2 Å². The fourth-order valence-corrected chi connectivity index (χ4v) is 1.26. The van der Waals surface area contributed by atoms with Gasteiger partial charge in [-0.25, -0.2) is 18.2 Å². The second kappa shape index (κ2) is 5.16. The van der Waals surface area contributed by atoms with Crippen molar-refractivity contribution >= 4 is 17.6 Å². The average molecular weight is 254 g/mol. The Balaban J connectivity index is 3.20. The van der Waals surface area contributed by atoms with E-state index in [1.807, 2.05) is 0 Å². The number of ether oxygens (including phenoxy) is 1. The van der Waals surface area contributed by atoms with E-state index in [4.69, 9.17) is 11.6 Å². The van der Waals surface area contributed by atoms with Crippen LogP contribution in [0.3, 0.4) is 0 Å². The quantitative estimate of drug-likeness (QED) is 0.614. The molecule has 7 heteroatoms. The van der Waals surface area contributed by atoms with Crippen molar-refractivity contribution in [1.82, 2.24) is 4.98 Å². The SMILES string of the molecule is COC(=O)Cc1c(C(F)F)cnc(Cl)c1F. The third-order valence-electron chi connectivity index (χ3n) is 1.90. The van der Waals surface area contributed by atoms with E-state index in [2.05, 4.69) is 9.72 Å². The van der Waals surface area contributed by atoms with Gasteiger partial charge in [-0.15, -0.1) is 0 Å². The fourth-order valence-electron chi connectivity index (χ4n) is 1.10. The molecule has 1 aromatic heterocycles. The van der Waals surface area contributed by atoms with Gasteiger partial charge in [0.1, 0.15) is 0 Å². The van der Waals surface area contributed by atoms with Crippen LogP contribution < -0.4 is 0 Å². The lowest BCUT2D eigenvalue weighted by Gasteiger charge is -2.09.